The molecule has 0 unspecified atom stereocenters. The van der Waals surface area contributed by atoms with Crippen LogP contribution in [0.25, 0.3) is 0 Å². The smallest absolute Gasteiger partial charge is 0.243 e. The van der Waals surface area contributed by atoms with Crippen LogP contribution in [0.5, 0.6) is 0 Å². The number of hydrogen-bond donors (Lipinski definition) is 2. The van der Waals surface area contributed by atoms with E-state index in [9.17, 15) is 4.79 Å². The van der Waals surface area contributed by atoms with E-state index in [-0.39, 0.29) is 12.5 Å². The van der Waals surface area contributed by atoms with Gasteiger partial charge in [0.15, 0.2) is 0 Å². The summed E-state index contributed by atoms with van der Waals surface area (Å²) in [6.07, 6.45) is 0. The summed E-state index contributed by atoms with van der Waals surface area (Å²) < 4.78 is 0.801. The summed E-state index contributed by atoms with van der Waals surface area (Å²) in [6.45, 7) is 0.130. The van der Waals surface area contributed by atoms with Crippen LogP contribution in [0.2, 0.25) is 10.0 Å². The van der Waals surface area contributed by atoms with Crippen molar-refractivity contribution in [1.29, 1.82) is 0 Å². The van der Waals surface area contributed by atoms with Gasteiger partial charge in [0, 0.05) is 15.2 Å². The lowest BCUT2D eigenvalue weighted by Gasteiger charge is -2.10. The van der Waals surface area contributed by atoms with Crippen LogP contribution in [-0.4, -0.2) is 12.5 Å². The molecule has 1 amide bonds. The van der Waals surface area contributed by atoms with Crippen molar-refractivity contribution in [1.82, 2.24) is 0 Å². The predicted molar refractivity (Wildman–Crippen MR) is 87.7 cm³/mol. The first-order chi connectivity index (χ1) is 9.56. The molecule has 0 radical (unpaired) electrons. The highest BCUT2D eigenvalue weighted by Gasteiger charge is 2.06. The van der Waals surface area contributed by atoms with E-state index in [2.05, 4.69) is 26.6 Å². The highest BCUT2D eigenvalue weighted by Crippen LogP contribution is 2.25. The molecule has 0 aliphatic rings. The number of carbonyl (C=O) groups is 1. The summed E-state index contributed by atoms with van der Waals surface area (Å²) in [5, 5.41) is 6.89. The minimum absolute atomic E-state index is 0.130. The number of rotatable bonds is 4. The lowest BCUT2D eigenvalue weighted by Crippen LogP contribution is -2.22. The monoisotopic (exact) mass is 372 g/mol. The molecule has 0 heterocycles. The molecule has 0 atom stereocenters. The van der Waals surface area contributed by atoms with Gasteiger partial charge in [-0.25, -0.2) is 0 Å². The van der Waals surface area contributed by atoms with Gasteiger partial charge in [0.1, 0.15) is 0 Å². The number of anilines is 2. The highest BCUT2D eigenvalue weighted by atomic mass is 79.9. The zero-order chi connectivity index (χ0) is 14.5. The van der Waals surface area contributed by atoms with Gasteiger partial charge in [0.05, 0.1) is 17.3 Å². The Kier molecular flexibility index (Phi) is 5.29. The first kappa shape index (κ1) is 15.2. The maximum absolute atomic E-state index is 11.8. The Morgan fingerprint density at radius 2 is 1.85 bits per heavy atom. The predicted octanol–water partition coefficient (Wildman–Crippen LogP) is 4.81. The first-order valence-electron chi connectivity index (χ1n) is 5.79. The molecule has 104 valence electrons. The second-order valence-corrected chi connectivity index (χ2v) is 5.70. The Morgan fingerprint density at radius 3 is 2.55 bits per heavy atom. The topological polar surface area (TPSA) is 41.1 Å². The van der Waals surface area contributed by atoms with Crippen LogP contribution in [0, 0.1) is 0 Å². The molecular weight excluding hydrogens is 363 g/mol. The molecule has 2 aromatic rings. The van der Waals surface area contributed by atoms with Gasteiger partial charge in [-0.15, -0.1) is 0 Å². The van der Waals surface area contributed by atoms with E-state index in [4.69, 9.17) is 23.2 Å². The van der Waals surface area contributed by atoms with E-state index in [1.807, 2.05) is 6.07 Å². The van der Waals surface area contributed by atoms with E-state index < -0.39 is 0 Å². The molecule has 2 N–H and O–H groups in total. The SMILES string of the molecule is O=C(CNc1ccc(Cl)cc1Br)Nc1ccccc1Cl. The number of para-hydroxylation sites is 1. The van der Waals surface area contributed by atoms with E-state index in [1.165, 1.54) is 0 Å². The summed E-state index contributed by atoms with van der Waals surface area (Å²) in [6, 6.07) is 12.4. The lowest BCUT2D eigenvalue weighted by molar-refractivity contribution is -0.114. The van der Waals surface area contributed by atoms with E-state index in [0.29, 0.717) is 15.7 Å². The number of carbonyl (C=O) groups excluding carboxylic acids is 1. The maximum Gasteiger partial charge on any atom is 0.243 e. The highest BCUT2D eigenvalue weighted by molar-refractivity contribution is 9.10. The van der Waals surface area contributed by atoms with Crippen molar-refractivity contribution in [2.75, 3.05) is 17.2 Å². The van der Waals surface area contributed by atoms with Gasteiger partial charge >= 0.3 is 0 Å². The van der Waals surface area contributed by atoms with Gasteiger partial charge in [0.2, 0.25) is 5.91 Å². The van der Waals surface area contributed by atoms with E-state index in [1.54, 1.807) is 36.4 Å². The summed E-state index contributed by atoms with van der Waals surface area (Å²) >= 11 is 15.2. The molecule has 6 heteroatoms. The van der Waals surface area contributed by atoms with Crippen molar-refractivity contribution in [2.24, 2.45) is 0 Å². The van der Waals surface area contributed by atoms with E-state index >= 15 is 0 Å². The van der Waals surface area contributed by atoms with Gasteiger partial charge in [-0.1, -0.05) is 35.3 Å². The van der Waals surface area contributed by atoms with Crippen LogP contribution in [-0.2, 0) is 4.79 Å². The molecule has 0 fully saturated rings. The molecular formula is C14H11BrCl2N2O. The summed E-state index contributed by atoms with van der Waals surface area (Å²) in [4.78, 5) is 11.8. The molecule has 20 heavy (non-hydrogen) atoms. The van der Waals surface area contributed by atoms with Crippen LogP contribution in [0.1, 0.15) is 0 Å². The number of amides is 1. The quantitative estimate of drug-likeness (QED) is 0.807. The fourth-order valence-electron chi connectivity index (χ4n) is 1.57. The van der Waals surface area contributed by atoms with Crippen molar-refractivity contribution >= 4 is 56.4 Å². The van der Waals surface area contributed by atoms with Crippen molar-refractivity contribution in [3.63, 3.8) is 0 Å². The van der Waals surface area contributed by atoms with Crippen LogP contribution < -0.4 is 10.6 Å². The number of hydrogen-bond acceptors (Lipinski definition) is 2. The second kappa shape index (κ2) is 6.97. The standard InChI is InChI=1S/C14H11BrCl2N2O/c15-10-7-9(16)5-6-12(10)18-8-14(20)19-13-4-2-1-3-11(13)17/h1-7,18H,8H2,(H,19,20). The largest absolute Gasteiger partial charge is 0.375 e. The van der Waals surface area contributed by atoms with Crippen molar-refractivity contribution in [2.45, 2.75) is 0 Å². The summed E-state index contributed by atoms with van der Waals surface area (Å²) in [7, 11) is 0. The minimum Gasteiger partial charge on any atom is -0.375 e. The van der Waals surface area contributed by atoms with Crippen LogP contribution in [0.4, 0.5) is 11.4 Å². The lowest BCUT2D eigenvalue weighted by atomic mass is 10.3. The average molecular weight is 374 g/mol. The maximum atomic E-state index is 11.8. The molecule has 0 aliphatic carbocycles. The number of halogens is 3. The van der Waals surface area contributed by atoms with Gasteiger partial charge in [-0.05, 0) is 46.3 Å². The third-order valence-electron chi connectivity index (χ3n) is 2.52. The Hall–Kier alpha value is -1.23. The van der Waals surface area contributed by atoms with E-state index in [0.717, 1.165) is 10.2 Å². The molecule has 3 nitrogen and oxygen atoms in total. The Labute approximate surface area is 135 Å². The van der Waals surface area contributed by atoms with Crippen LogP contribution in [0.3, 0.4) is 0 Å². The minimum atomic E-state index is -0.181. The van der Waals surface area contributed by atoms with Gasteiger partial charge in [0.25, 0.3) is 0 Å². The number of benzene rings is 2. The second-order valence-electron chi connectivity index (χ2n) is 4.01. The molecule has 2 rings (SSSR count). The molecule has 0 aliphatic heterocycles. The normalized spacial score (nSPS) is 10.2. The van der Waals surface area contributed by atoms with Crippen LogP contribution in [0.15, 0.2) is 46.9 Å². The Balaban J connectivity index is 1.94. The number of nitrogens with one attached hydrogen (secondary N) is 2. The van der Waals surface area contributed by atoms with Gasteiger partial charge in [-0.3, -0.25) is 4.79 Å². The van der Waals surface area contributed by atoms with Gasteiger partial charge < -0.3 is 10.6 Å². The molecule has 0 aromatic heterocycles. The summed E-state index contributed by atoms with van der Waals surface area (Å²) in [5.74, 6) is -0.181. The van der Waals surface area contributed by atoms with Crippen LogP contribution >= 0.6 is 39.1 Å². The summed E-state index contributed by atoms with van der Waals surface area (Å²) in [5.41, 5.74) is 1.39. The molecule has 0 saturated carbocycles. The first-order valence-corrected chi connectivity index (χ1v) is 7.34. The van der Waals surface area contributed by atoms with Gasteiger partial charge in [-0.2, -0.15) is 0 Å². The van der Waals surface area contributed by atoms with Crippen molar-refractivity contribution in [3.05, 3.63) is 57.0 Å². The fourth-order valence-corrected chi connectivity index (χ4v) is 2.57. The zero-order valence-electron chi connectivity index (χ0n) is 10.3. The molecule has 0 spiro atoms. The molecule has 2 aromatic carbocycles. The Morgan fingerprint density at radius 1 is 1.10 bits per heavy atom. The third kappa shape index (κ3) is 4.13. The third-order valence-corrected chi connectivity index (χ3v) is 3.74. The molecule has 0 saturated heterocycles. The van der Waals surface area contributed by atoms with Crippen molar-refractivity contribution < 1.29 is 4.79 Å². The molecule has 0 bridgehead atoms. The van der Waals surface area contributed by atoms with Crippen molar-refractivity contribution in [3.8, 4) is 0 Å². The fraction of sp³-hybridized carbons (Fsp3) is 0.0714. The average Bonchev–Trinajstić information content (AvgIpc) is 2.40. The Bertz CT molecular complexity index is 634. The zero-order valence-corrected chi connectivity index (χ0v) is 13.4.